The quantitative estimate of drug-likeness (QED) is 0.530. The van der Waals surface area contributed by atoms with Crippen LogP contribution in [0, 0.1) is 5.92 Å². The minimum absolute atomic E-state index is 0.127. The number of thiazole rings is 1. The lowest BCUT2D eigenvalue weighted by molar-refractivity contribution is -0.134. The van der Waals surface area contributed by atoms with Crippen molar-refractivity contribution in [1.82, 2.24) is 29.8 Å². The lowest BCUT2D eigenvalue weighted by Gasteiger charge is -2.25. The van der Waals surface area contributed by atoms with Gasteiger partial charge in [-0.05, 0) is 37.3 Å². The average Bonchev–Trinajstić information content (AvgIpc) is 3.55. The number of amides is 2. The van der Waals surface area contributed by atoms with Crippen LogP contribution in [0.5, 0.6) is 0 Å². The summed E-state index contributed by atoms with van der Waals surface area (Å²) in [6, 6.07) is 8.03. The first kappa shape index (κ1) is 21.8. The minimum atomic E-state index is 0.127. The van der Waals surface area contributed by atoms with Crippen LogP contribution < -0.4 is 4.90 Å². The second-order valence-electron chi connectivity index (χ2n) is 9.02. The van der Waals surface area contributed by atoms with Gasteiger partial charge >= 0.3 is 0 Å². The first-order valence-electron chi connectivity index (χ1n) is 11.6. The predicted octanol–water partition coefficient (Wildman–Crippen LogP) is 2.39. The molecule has 0 saturated carbocycles. The van der Waals surface area contributed by atoms with Crippen LogP contribution in [0.25, 0.3) is 10.2 Å². The monoisotopic (exact) mass is 467 g/mol. The third-order valence-corrected chi connectivity index (χ3v) is 7.58. The second kappa shape index (κ2) is 9.46. The minimum Gasteiger partial charge on any atom is -0.342 e. The molecule has 0 bridgehead atoms. The van der Waals surface area contributed by atoms with Crippen molar-refractivity contribution in [2.45, 2.75) is 38.8 Å². The van der Waals surface area contributed by atoms with Gasteiger partial charge in [0.05, 0.1) is 29.5 Å². The Morgan fingerprint density at radius 2 is 2.12 bits per heavy atom. The molecule has 33 heavy (non-hydrogen) atoms. The van der Waals surface area contributed by atoms with Gasteiger partial charge in [0, 0.05) is 39.6 Å². The van der Waals surface area contributed by atoms with E-state index in [4.69, 9.17) is 0 Å². The summed E-state index contributed by atoms with van der Waals surface area (Å²) in [5.41, 5.74) is 1.79. The molecule has 2 fully saturated rings. The summed E-state index contributed by atoms with van der Waals surface area (Å²) in [5.74, 6) is 0.687. The second-order valence-corrected chi connectivity index (χ2v) is 10.0. The Labute approximate surface area is 197 Å². The first-order valence-corrected chi connectivity index (χ1v) is 12.4. The number of hydrogen-bond acceptors (Lipinski definition) is 7. The highest BCUT2D eigenvalue weighted by molar-refractivity contribution is 7.22. The normalized spacial score (nSPS) is 18.9. The number of likely N-dealkylation sites (tertiary alicyclic amines) is 2. The van der Waals surface area contributed by atoms with Gasteiger partial charge in [0.1, 0.15) is 5.69 Å². The van der Waals surface area contributed by atoms with Crippen molar-refractivity contribution in [3.8, 4) is 0 Å². The molecule has 4 heterocycles. The number of carbonyl (C=O) groups excluding carboxylic acids is 2. The van der Waals surface area contributed by atoms with Crippen molar-refractivity contribution in [3.63, 3.8) is 0 Å². The number of carbonyl (C=O) groups is 2. The maximum atomic E-state index is 12.9. The molecule has 0 spiro atoms. The van der Waals surface area contributed by atoms with Crippen molar-refractivity contribution in [2.75, 3.05) is 38.1 Å². The number of hydrogen-bond donors (Lipinski definition) is 0. The molecule has 0 aliphatic carbocycles. The van der Waals surface area contributed by atoms with Gasteiger partial charge in [-0.1, -0.05) is 28.7 Å². The number of piperidine rings is 1. The van der Waals surface area contributed by atoms with Crippen LogP contribution in [0.15, 0.2) is 30.5 Å². The molecule has 3 aromatic rings. The molecule has 2 aromatic heterocycles. The fraction of sp³-hybridized carbons (Fsp3) is 0.522. The summed E-state index contributed by atoms with van der Waals surface area (Å²) in [4.78, 5) is 35.3. The third-order valence-electron chi connectivity index (χ3n) is 6.43. The lowest BCUT2D eigenvalue weighted by Crippen LogP contribution is -2.38. The smallest absolute Gasteiger partial charge is 0.242 e. The zero-order valence-electron chi connectivity index (χ0n) is 18.9. The number of rotatable bonds is 7. The zero-order valence-corrected chi connectivity index (χ0v) is 19.7. The number of aromatic nitrogens is 4. The van der Waals surface area contributed by atoms with Crippen LogP contribution in [-0.2, 0) is 22.7 Å². The number of nitrogens with zero attached hydrogens (tertiary/aromatic N) is 7. The summed E-state index contributed by atoms with van der Waals surface area (Å²) < 4.78 is 2.99. The van der Waals surface area contributed by atoms with Gasteiger partial charge in [-0.15, -0.1) is 5.10 Å². The van der Waals surface area contributed by atoms with E-state index in [0.29, 0.717) is 25.4 Å². The van der Waals surface area contributed by atoms with Crippen LogP contribution in [0.1, 0.15) is 31.4 Å². The maximum absolute atomic E-state index is 12.9. The Kier molecular flexibility index (Phi) is 6.26. The van der Waals surface area contributed by atoms with Crippen molar-refractivity contribution in [3.05, 3.63) is 36.2 Å². The molecule has 2 saturated heterocycles. The number of fused-ring (bicyclic) bond motifs is 1. The van der Waals surface area contributed by atoms with Crippen LogP contribution in [0.3, 0.4) is 0 Å². The molecular formula is C23H29N7O2S. The van der Waals surface area contributed by atoms with E-state index in [9.17, 15) is 9.59 Å². The van der Waals surface area contributed by atoms with Gasteiger partial charge in [-0.2, -0.15) is 0 Å². The molecule has 2 aliphatic rings. The van der Waals surface area contributed by atoms with Gasteiger partial charge in [0.25, 0.3) is 0 Å². The Hall–Kier alpha value is -3.01. The average molecular weight is 468 g/mol. The lowest BCUT2D eigenvalue weighted by atomic mass is 10.1. The van der Waals surface area contributed by atoms with E-state index < -0.39 is 0 Å². The SMILES string of the molecule is CN(CC(=O)N1CCC(Cn2cc(CN3CCCCC3=O)nn2)C1)c1nc2ccccc2s1. The van der Waals surface area contributed by atoms with Gasteiger partial charge in [0.15, 0.2) is 5.13 Å². The Bertz CT molecular complexity index is 1110. The Balaban J connectivity index is 1.12. The molecule has 9 nitrogen and oxygen atoms in total. The molecule has 1 atom stereocenters. The molecular weight excluding hydrogens is 438 g/mol. The molecule has 1 aromatic carbocycles. The van der Waals surface area contributed by atoms with E-state index in [0.717, 1.165) is 66.5 Å². The van der Waals surface area contributed by atoms with Crippen LogP contribution in [0.4, 0.5) is 5.13 Å². The van der Waals surface area contributed by atoms with Crippen LogP contribution in [0.2, 0.25) is 0 Å². The molecule has 10 heteroatoms. The molecule has 2 amide bonds. The summed E-state index contributed by atoms with van der Waals surface area (Å²) in [5, 5.41) is 9.38. The van der Waals surface area contributed by atoms with E-state index in [2.05, 4.69) is 21.4 Å². The fourth-order valence-corrected chi connectivity index (χ4v) is 5.52. The van der Waals surface area contributed by atoms with Crippen molar-refractivity contribution >= 4 is 38.5 Å². The summed E-state index contributed by atoms with van der Waals surface area (Å²) >= 11 is 1.61. The number of anilines is 1. The molecule has 174 valence electrons. The summed E-state index contributed by atoms with van der Waals surface area (Å²) in [6.07, 6.45) is 5.56. The maximum Gasteiger partial charge on any atom is 0.242 e. The van der Waals surface area contributed by atoms with E-state index in [1.54, 1.807) is 11.3 Å². The summed E-state index contributed by atoms with van der Waals surface area (Å²) in [7, 11) is 1.92. The van der Waals surface area contributed by atoms with E-state index in [1.807, 2.05) is 50.8 Å². The van der Waals surface area contributed by atoms with Gasteiger partial charge < -0.3 is 14.7 Å². The highest BCUT2D eigenvalue weighted by Gasteiger charge is 2.28. The zero-order chi connectivity index (χ0) is 22.8. The standard InChI is InChI=1S/C23H29N7O2S/c1-27(23-24-19-6-2-3-7-20(19)33-23)16-22(32)29-11-9-17(12-29)13-30-15-18(25-26-30)14-28-10-5-4-8-21(28)31/h2-3,6-7,15,17H,4-5,8-14,16H2,1H3. The number of likely N-dealkylation sites (N-methyl/N-ethyl adjacent to an activating group) is 1. The van der Waals surface area contributed by atoms with Crippen molar-refractivity contribution < 1.29 is 9.59 Å². The van der Waals surface area contributed by atoms with Crippen molar-refractivity contribution in [1.29, 1.82) is 0 Å². The third kappa shape index (κ3) is 5.00. The highest BCUT2D eigenvalue weighted by Crippen LogP contribution is 2.28. The molecule has 5 rings (SSSR count). The Morgan fingerprint density at radius 3 is 2.97 bits per heavy atom. The Morgan fingerprint density at radius 1 is 1.24 bits per heavy atom. The first-order chi connectivity index (χ1) is 16.0. The molecule has 0 N–H and O–H groups in total. The largest absolute Gasteiger partial charge is 0.342 e. The summed E-state index contributed by atoms with van der Waals surface area (Å²) in [6.45, 7) is 3.89. The van der Waals surface area contributed by atoms with Crippen LogP contribution >= 0.6 is 11.3 Å². The molecule has 2 aliphatic heterocycles. The topological polar surface area (TPSA) is 87.5 Å². The van der Waals surface area contributed by atoms with E-state index >= 15 is 0 Å². The van der Waals surface area contributed by atoms with Gasteiger partial charge in [-0.25, -0.2) is 4.98 Å². The predicted molar refractivity (Wildman–Crippen MR) is 127 cm³/mol. The van der Waals surface area contributed by atoms with Gasteiger partial charge in [0.2, 0.25) is 11.8 Å². The van der Waals surface area contributed by atoms with Crippen molar-refractivity contribution in [2.24, 2.45) is 5.92 Å². The number of para-hydroxylation sites is 1. The molecule has 0 radical (unpaired) electrons. The van der Waals surface area contributed by atoms with E-state index in [1.165, 1.54) is 0 Å². The number of benzene rings is 1. The molecule has 1 unspecified atom stereocenters. The van der Waals surface area contributed by atoms with E-state index in [-0.39, 0.29) is 11.8 Å². The van der Waals surface area contributed by atoms with Gasteiger partial charge in [-0.3, -0.25) is 14.3 Å². The van der Waals surface area contributed by atoms with Crippen LogP contribution in [-0.4, -0.2) is 74.8 Å². The highest BCUT2D eigenvalue weighted by atomic mass is 32.1. The fourth-order valence-electron chi connectivity index (χ4n) is 4.59.